The quantitative estimate of drug-likeness (QED) is 0.840. The van der Waals surface area contributed by atoms with Gasteiger partial charge in [-0.2, -0.15) is 11.3 Å². The van der Waals surface area contributed by atoms with Gasteiger partial charge in [0.1, 0.15) is 11.5 Å². The zero-order chi connectivity index (χ0) is 15.7. The van der Waals surface area contributed by atoms with Crippen LogP contribution in [-0.2, 0) is 13.1 Å². The monoisotopic (exact) mass is 330 g/mol. The highest BCUT2D eigenvalue weighted by molar-refractivity contribution is 7.07. The summed E-state index contributed by atoms with van der Waals surface area (Å²) >= 11 is 1.81. The number of piperidine rings is 1. The Morgan fingerprint density at radius 1 is 1.09 bits per heavy atom. The Bertz CT molecular complexity index is 636. The van der Waals surface area contributed by atoms with Gasteiger partial charge >= 0.3 is 0 Å². The number of rotatable bonds is 4. The van der Waals surface area contributed by atoms with Crippen molar-refractivity contribution in [3.63, 3.8) is 0 Å². The maximum atomic E-state index is 5.78. The average Bonchev–Trinajstić information content (AvgIpc) is 3.24. The Morgan fingerprint density at radius 2 is 1.96 bits per heavy atom. The third-order valence-corrected chi connectivity index (χ3v) is 6.15. The molecule has 0 amide bonds. The lowest BCUT2D eigenvalue weighted by Crippen LogP contribution is -2.44. The van der Waals surface area contributed by atoms with Gasteiger partial charge in [-0.15, -0.1) is 0 Å². The van der Waals surface area contributed by atoms with E-state index in [9.17, 15) is 0 Å². The predicted octanol–water partition coefficient (Wildman–Crippen LogP) is 4.14. The Labute approximate surface area is 142 Å². The maximum absolute atomic E-state index is 5.78. The molecule has 23 heavy (non-hydrogen) atoms. The second-order valence-corrected chi connectivity index (χ2v) is 8.20. The standard InChI is InChI=1S/C19H26N2OS/c1-16-3-4-18(22-16)12-20-8-2-6-19(14-20)7-9-21(15-19)11-17-5-10-23-13-17/h3-5,10,13H,2,6-9,11-12,14-15H2,1H3/t19-/m1/s1. The molecule has 2 fully saturated rings. The molecule has 4 rings (SSSR count). The van der Waals surface area contributed by atoms with E-state index in [2.05, 4.69) is 38.8 Å². The van der Waals surface area contributed by atoms with Gasteiger partial charge in [0.05, 0.1) is 6.54 Å². The van der Waals surface area contributed by atoms with Gasteiger partial charge < -0.3 is 4.42 Å². The van der Waals surface area contributed by atoms with Crippen molar-refractivity contribution in [3.05, 3.63) is 46.0 Å². The van der Waals surface area contributed by atoms with E-state index in [0.717, 1.165) is 24.6 Å². The Morgan fingerprint density at radius 3 is 2.70 bits per heavy atom. The van der Waals surface area contributed by atoms with E-state index in [4.69, 9.17) is 4.42 Å². The van der Waals surface area contributed by atoms with Crippen LogP contribution in [0.15, 0.2) is 33.4 Å². The molecule has 2 aromatic rings. The fourth-order valence-electron chi connectivity index (χ4n) is 4.37. The molecule has 0 unspecified atom stereocenters. The summed E-state index contributed by atoms with van der Waals surface area (Å²) in [5.41, 5.74) is 1.99. The molecule has 2 aliphatic rings. The lowest BCUT2D eigenvalue weighted by atomic mass is 9.79. The molecule has 2 aliphatic heterocycles. The minimum absolute atomic E-state index is 0.510. The molecule has 2 aromatic heterocycles. The first kappa shape index (κ1) is 15.4. The van der Waals surface area contributed by atoms with Crippen LogP contribution >= 0.6 is 11.3 Å². The molecule has 0 bridgehead atoms. The van der Waals surface area contributed by atoms with Crippen LogP contribution in [-0.4, -0.2) is 36.0 Å². The van der Waals surface area contributed by atoms with E-state index >= 15 is 0 Å². The molecule has 4 heteroatoms. The number of hydrogen-bond donors (Lipinski definition) is 0. The smallest absolute Gasteiger partial charge is 0.118 e. The van der Waals surface area contributed by atoms with Crippen molar-refractivity contribution in [1.82, 2.24) is 9.80 Å². The fourth-order valence-corrected chi connectivity index (χ4v) is 5.03. The minimum Gasteiger partial charge on any atom is -0.465 e. The molecule has 3 nitrogen and oxygen atoms in total. The minimum atomic E-state index is 0.510. The van der Waals surface area contributed by atoms with Gasteiger partial charge in [-0.25, -0.2) is 0 Å². The molecule has 124 valence electrons. The number of likely N-dealkylation sites (tertiary alicyclic amines) is 2. The van der Waals surface area contributed by atoms with Crippen molar-refractivity contribution in [2.75, 3.05) is 26.2 Å². The molecule has 0 saturated carbocycles. The zero-order valence-corrected chi connectivity index (χ0v) is 14.8. The number of hydrogen-bond acceptors (Lipinski definition) is 4. The second kappa shape index (κ2) is 6.42. The molecule has 4 heterocycles. The van der Waals surface area contributed by atoms with Gasteiger partial charge in [0.25, 0.3) is 0 Å². The average molecular weight is 330 g/mol. The van der Waals surface area contributed by atoms with Crippen LogP contribution in [0.3, 0.4) is 0 Å². The van der Waals surface area contributed by atoms with E-state index in [1.54, 1.807) is 0 Å². The van der Waals surface area contributed by atoms with E-state index in [1.807, 2.05) is 18.3 Å². The van der Waals surface area contributed by atoms with E-state index in [-0.39, 0.29) is 0 Å². The summed E-state index contributed by atoms with van der Waals surface area (Å²) in [6.07, 6.45) is 4.07. The highest BCUT2D eigenvalue weighted by atomic mass is 32.1. The van der Waals surface area contributed by atoms with Gasteiger partial charge in [0.15, 0.2) is 0 Å². The lowest BCUT2D eigenvalue weighted by Gasteiger charge is -2.40. The van der Waals surface area contributed by atoms with Gasteiger partial charge in [0.2, 0.25) is 0 Å². The highest BCUT2D eigenvalue weighted by Crippen LogP contribution is 2.39. The van der Waals surface area contributed by atoms with Crippen LogP contribution in [0.25, 0.3) is 0 Å². The van der Waals surface area contributed by atoms with Gasteiger partial charge in [0, 0.05) is 19.6 Å². The summed E-state index contributed by atoms with van der Waals surface area (Å²) in [4.78, 5) is 5.26. The third kappa shape index (κ3) is 3.54. The Hall–Kier alpha value is -1.10. The molecule has 0 radical (unpaired) electrons. The normalized spacial score (nSPS) is 26.3. The topological polar surface area (TPSA) is 19.6 Å². The Kier molecular flexibility index (Phi) is 4.31. The molecule has 0 aromatic carbocycles. The molecule has 0 aliphatic carbocycles. The molecule has 1 spiro atoms. The van der Waals surface area contributed by atoms with Gasteiger partial charge in [-0.05, 0) is 79.2 Å². The first-order chi connectivity index (χ1) is 11.2. The largest absolute Gasteiger partial charge is 0.465 e. The van der Waals surface area contributed by atoms with Crippen molar-refractivity contribution in [1.29, 1.82) is 0 Å². The highest BCUT2D eigenvalue weighted by Gasteiger charge is 2.41. The summed E-state index contributed by atoms with van der Waals surface area (Å²) in [6, 6.07) is 6.48. The van der Waals surface area contributed by atoms with E-state index in [1.165, 1.54) is 51.0 Å². The van der Waals surface area contributed by atoms with Crippen LogP contribution in [0.5, 0.6) is 0 Å². The van der Waals surface area contributed by atoms with Crippen molar-refractivity contribution < 1.29 is 4.42 Å². The van der Waals surface area contributed by atoms with Gasteiger partial charge in [-0.3, -0.25) is 9.80 Å². The SMILES string of the molecule is Cc1ccc(CN2CCC[C@@]3(CCN(Cc4ccsc4)C3)C2)o1. The summed E-state index contributed by atoms with van der Waals surface area (Å²) < 4.78 is 5.78. The molecular formula is C19H26N2OS. The fraction of sp³-hybridized carbons (Fsp3) is 0.579. The summed E-state index contributed by atoms with van der Waals surface area (Å²) in [5, 5.41) is 4.48. The number of furan rings is 1. The Balaban J connectivity index is 1.37. The van der Waals surface area contributed by atoms with Crippen LogP contribution in [0.4, 0.5) is 0 Å². The second-order valence-electron chi connectivity index (χ2n) is 7.42. The zero-order valence-electron chi connectivity index (χ0n) is 14.0. The summed E-state index contributed by atoms with van der Waals surface area (Å²) in [5.74, 6) is 2.14. The number of nitrogens with zero attached hydrogens (tertiary/aromatic N) is 2. The summed E-state index contributed by atoms with van der Waals surface area (Å²) in [6.45, 7) is 9.09. The van der Waals surface area contributed by atoms with Gasteiger partial charge in [-0.1, -0.05) is 0 Å². The van der Waals surface area contributed by atoms with Crippen molar-refractivity contribution >= 4 is 11.3 Å². The van der Waals surface area contributed by atoms with E-state index < -0.39 is 0 Å². The number of thiophene rings is 1. The molecule has 2 saturated heterocycles. The van der Waals surface area contributed by atoms with Crippen LogP contribution in [0.1, 0.15) is 36.3 Å². The van der Waals surface area contributed by atoms with Crippen LogP contribution in [0, 0.1) is 12.3 Å². The lowest BCUT2D eigenvalue weighted by molar-refractivity contribution is 0.0813. The van der Waals surface area contributed by atoms with Crippen LogP contribution in [0.2, 0.25) is 0 Å². The summed E-state index contributed by atoms with van der Waals surface area (Å²) in [7, 11) is 0. The number of aryl methyl sites for hydroxylation is 1. The predicted molar refractivity (Wildman–Crippen MR) is 94.6 cm³/mol. The third-order valence-electron chi connectivity index (χ3n) is 5.42. The van der Waals surface area contributed by atoms with E-state index in [0.29, 0.717) is 5.41 Å². The molecular weight excluding hydrogens is 304 g/mol. The van der Waals surface area contributed by atoms with Crippen molar-refractivity contribution in [2.24, 2.45) is 5.41 Å². The maximum Gasteiger partial charge on any atom is 0.118 e. The first-order valence-corrected chi connectivity index (χ1v) is 9.66. The molecule has 0 N–H and O–H groups in total. The van der Waals surface area contributed by atoms with Crippen LogP contribution < -0.4 is 0 Å². The molecule has 1 atom stereocenters. The van der Waals surface area contributed by atoms with Crippen molar-refractivity contribution in [3.8, 4) is 0 Å². The first-order valence-electron chi connectivity index (χ1n) is 8.72. The van der Waals surface area contributed by atoms with Crippen molar-refractivity contribution in [2.45, 2.75) is 39.3 Å².